The largest absolute Gasteiger partial charge is 0.345 e. The zero-order valence-electron chi connectivity index (χ0n) is 12.1. The minimum Gasteiger partial charge on any atom is -0.345 e. The van der Waals surface area contributed by atoms with E-state index in [1.807, 2.05) is 0 Å². The molecule has 1 aromatic rings. The fraction of sp³-hybridized carbons (Fsp3) is 0.467. The second kappa shape index (κ2) is 6.30. The lowest BCUT2D eigenvalue weighted by molar-refractivity contribution is -0.130. The van der Waals surface area contributed by atoms with E-state index in [0.717, 1.165) is 18.6 Å². The van der Waals surface area contributed by atoms with Crippen LogP contribution in [0.4, 0.5) is 8.78 Å². The third-order valence-corrected chi connectivity index (χ3v) is 3.83. The first-order valence-corrected chi connectivity index (χ1v) is 6.87. The van der Waals surface area contributed by atoms with E-state index in [0.29, 0.717) is 19.2 Å². The Morgan fingerprint density at radius 2 is 2.00 bits per heavy atom. The molecule has 1 fully saturated rings. The molecule has 6 heteroatoms. The lowest BCUT2D eigenvalue weighted by atomic mass is 10.0. The molecule has 1 aromatic carbocycles. The van der Waals surface area contributed by atoms with Gasteiger partial charge < -0.3 is 4.90 Å². The Balaban J connectivity index is 2.16. The van der Waals surface area contributed by atoms with Gasteiger partial charge in [-0.1, -0.05) is 0 Å². The molecule has 4 nitrogen and oxygen atoms in total. The minimum absolute atomic E-state index is 0.0632. The average molecular weight is 296 g/mol. The van der Waals surface area contributed by atoms with Crippen LogP contribution in [-0.2, 0) is 4.79 Å². The van der Waals surface area contributed by atoms with E-state index in [4.69, 9.17) is 0 Å². The average Bonchev–Trinajstić information content (AvgIpc) is 2.60. The highest BCUT2D eigenvalue weighted by molar-refractivity contribution is 6.00. The van der Waals surface area contributed by atoms with Crippen molar-refractivity contribution in [1.29, 1.82) is 0 Å². The Bertz CT molecular complexity index is 563. The van der Waals surface area contributed by atoms with Crippen LogP contribution in [0.3, 0.4) is 0 Å². The molecule has 0 bridgehead atoms. The number of amides is 1. The Morgan fingerprint density at radius 1 is 1.29 bits per heavy atom. The van der Waals surface area contributed by atoms with E-state index in [1.165, 1.54) is 0 Å². The summed E-state index contributed by atoms with van der Waals surface area (Å²) in [4.78, 5) is 27.6. The fourth-order valence-corrected chi connectivity index (χ4v) is 2.42. The van der Waals surface area contributed by atoms with Crippen molar-refractivity contribution in [2.24, 2.45) is 0 Å². The molecule has 1 unspecified atom stereocenters. The monoisotopic (exact) mass is 296 g/mol. The number of halogens is 2. The summed E-state index contributed by atoms with van der Waals surface area (Å²) in [5, 5.41) is 0. The zero-order chi connectivity index (χ0) is 15.6. The molecular weight excluding hydrogens is 278 g/mol. The highest BCUT2D eigenvalue weighted by atomic mass is 19.1. The van der Waals surface area contributed by atoms with Crippen LogP contribution in [0.1, 0.15) is 23.7 Å². The number of rotatable bonds is 3. The van der Waals surface area contributed by atoms with Gasteiger partial charge >= 0.3 is 0 Å². The van der Waals surface area contributed by atoms with E-state index in [2.05, 4.69) is 0 Å². The number of Topliss-reactive ketones (excluding diaryl/α,β-unsaturated/α-hetero) is 1. The van der Waals surface area contributed by atoms with E-state index in [9.17, 15) is 18.4 Å². The first-order valence-electron chi connectivity index (χ1n) is 6.87. The van der Waals surface area contributed by atoms with Gasteiger partial charge in [-0.3, -0.25) is 14.5 Å². The third-order valence-electron chi connectivity index (χ3n) is 3.83. The molecule has 1 atom stereocenters. The summed E-state index contributed by atoms with van der Waals surface area (Å²) in [6, 6.07) is 2.28. The molecule has 0 aliphatic carbocycles. The quantitative estimate of drug-likeness (QED) is 0.797. The van der Waals surface area contributed by atoms with Gasteiger partial charge in [0.05, 0.1) is 18.2 Å². The van der Waals surface area contributed by atoms with Crippen molar-refractivity contribution in [3.05, 3.63) is 35.4 Å². The third kappa shape index (κ3) is 3.44. The second-order valence-electron chi connectivity index (χ2n) is 5.30. The molecule has 1 amide bonds. The molecule has 0 N–H and O–H groups in total. The van der Waals surface area contributed by atoms with Crippen LogP contribution in [0.15, 0.2) is 18.2 Å². The summed E-state index contributed by atoms with van der Waals surface area (Å²) in [7, 11) is 1.72. The summed E-state index contributed by atoms with van der Waals surface area (Å²) in [6.07, 6.45) is 0.756. The molecule has 1 saturated heterocycles. The van der Waals surface area contributed by atoms with Crippen LogP contribution in [0.5, 0.6) is 0 Å². The molecule has 0 spiro atoms. The molecule has 0 radical (unpaired) electrons. The van der Waals surface area contributed by atoms with Crippen LogP contribution in [-0.4, -0.2) is 54.2 Å². The van der Waals surface area contributed by atoms with Gasteiger partial charge in [-0.15, -0.1) is 0 Å². The van der Waals surface area contributed by atoms with Gasteiger partial charge in [0.25, 0.3) is 0 Å². The van der Waals surface area contributed by atoms with Crippen LogP contribution in [0, 0.1) is 11.6 Å². The number of nitrogens with zero attached hydrogens (tertiary/aromatic N) is 2. The highest BCUT2D eigenvalue weighted by Crippen LogP contribution is 2.16. The maximum absolute atomic E-state index is 13.7. The van der Waals surface area contributed by atoms with Crippen molar-refractivity contribution in [3.63, 3.8) is 0 Å². The standard InChI is InChI=1S/C15H18F2N2O2/c1-10(19-7-3-6-18(2)14(20)9-19)15(21)12-5-4-11(16)8-13(12)17/h4-5,8,10H,3,6-7,9H2,1-2H3. The number of hydrogen-bond acceptors (Lipinski definition) is 3. The Labute approximate surface area is 122 Å². The van der Waals surface area contributed by atoms with Crippen LogP contribution < -0.4 is 0 Å². The van der Waals surface area contributed by atoms with Crippen molar-refractivity contribution in [2.45, 2.75) is 19.4 Å². The van der Waals surface area contributed by atoms with Crippen molar-refractivity contribution >= 4 is 11.7 Å². The predicted molar refractivity (Wildman–Crippen MR) is 74.0 cm³/mol. The number of carbonyl (C=O) groups is 2. The van der Waals surface area contributed by atoms with Gasteiger partial charge in [-0.2, -0.15) is 0 Å². The first-order chi connectivity index (χ1) is 9.90. The Hall–Kier alpha value is -1.82. The normalized spacial score (nSPS) is 18.5. The van der Waals surface area contributed by atoms with E-state index < -0.39 is 23.5 Å². The SMILES string of the molecule is CC(C(=O)c1ccc(F)cc1F)N1CCCN(C)C(=O)C1. The van der Waals surface area contributed by atoms with Crippen molar-refractivity contribution < 1.29 is 18.4 Å². The number of benzene rings is 1. The van der Waals surface area contributed by atoms with Gasteiger partial charge in [-0.05, 0) is 25.5 Å². The number of carbonyl (C=O) groups excluding carboxylic acids is 2. The van der Waals surface area contributed by atoms with E-state index >= 15 is 0 Å². The summed E-state index contributed by atoms with van der Waals surface area (Å²) in [5.74, 6) is -2.09. The summed E-state index contributed by atoms with van der Waals surface area (Å²) in [6.45, 7) is 3.00. The Morgan fingerprint density at radius 3 is 2.67 bits per heavy atom. The van der Waals surface area contributed by atoms with Gasteiger partial charge in [0, 0.05) is 26.2 Å². The Kier molecular flexibility index (Phi) is 4.67. The molecule has 21 heavy (non-hydrogen) atoms. The van der Waals surface area contributed by atoms with E-state index in [-0.39, 0.29) is 18.0 Å². The van der Waals surface area contributed by atoms with Crippen LogP contribution >= 0.6 is 0 Å². The lowest BCUT2D eigenvalue weighted by Gasteiger charge is -2.25. The maximum atomic E-state index is 13.7. The molecule has 1 aliphatic rings. The first kappa shape index (κ1) is 15.6. The molecule has 114 valence electrons. The molecule has 1 aliphatic heterocycles. The topological polar surface area (TPSA) is 40.6 Å². The molecule has 1 heterocycles. The summed E-state index contributed by atoms with van der Waals surface area (Å²) >= 11 is 0. The van der Waals surface area contributed by atoms with E-state index in [1.54, 1.807) is 23.8 Å². The summed E-state index contributed by atoms with van der Waals surface area (Å²) < 4.78 is 26.6. The number of hydrogen-bond donors (Lipinski definition) is 0. The lowest BCUT2D eigenvalue weighted by Crippen LogP contribution is -2.43. The molecule has 0 saturated carbocycles. The minimum atomic E-state index is -0.870. The van der Waals surface area contributed by atoms with Gasteiger partial charge in [0.2, 0.25) is 5.91 Å². The van der Waals surface area contributed by atoms with Gasteiger partial charge in [-0.25, -0.2) is 8.78 Å². The highest BCUT2D eigenvalue weighted by Gasteiger charge is 2.28. The number of likely N-dealkylation sites (N-methyl/N-ethyl adjacent to an activating group) is 1. The molecule has 0 aromatic heterocycles. The maximum Gasteiger partial charge on any atom is 0.236 e. The van der Waals surface area contributed by atoms with Crippen LogP contribution in [0.25, 0.3) is 0 Å². The van der Waals surface area contributed by atoms with Crippen molar-refractivity contribution in [2.75, 3.05) is 26.7 Å². The van der Waals surface area contributed by atoms with Crippen LogP contribution in [0.2, 0.25) is 0 Å². The fourth-order valence-electron chi connectivity index (χ4n) is 2.42. The molecular formula is C15H18F2N2O2. The van der Waals surface area contributed by atoms with Gasteiger partial charge in [0.1, 0.15) is 11.6 Å². The number of ketones is 1. The van der Waals surface area contributed by atoms with Crippen molar-refractivity contribution in [3.8, 4) is 0 Å². The molecule has 2 rings (SSSR count). The smallest absolute Gasteiger partial charge is 0.236 e. The zero-order valence-corrected chi connectivity index (χ0v) is 12.1. The van der Waals surface area contributed by atoms with Crippen molar-refractivity contribution in [1.82, 2.24) is 9.80 Å². The summed E-state index contributed by atoms with van der Waals surface area (Å²) in [5.41, 5.74) is -0.144. The second-order valence-corrected chi connectivity index (χ2v) is 5.30. The predicted octanol–water partition coefficient (Wildman–Crippen LogP) is 1.70. The van der Waals surface area contributed by atoms with Gasteiger partial charge in [0.15, 0.2) is 5.78 Å².